The fourth-order valence-electron chi connectivity index (χ4n) is 2.03. The molecule has 0 bridgehead atoms. The third-order valence-corrected chi connectivity index (χ3v) is 4.39. The van der Waals surface area contributed by atoms with Crippen molar-refractivity contribution in [1.29, 1.82) is 0 Å². The molecule has 0 amide bonds. The van der Waals surface area contributed by atoms with Gasteiger partial charge in [0.25, 0.3) is 0 Å². The van der Waals surface area contributed by atoms with E-state index in [4.69, 9.17) is 4.74 Å². The zero-order valence-electron chi connectivity index (χ0n) is 10.6. The molecule has 1 aromatic carbocycles. The summed E-state index contributed by atoms with van der Waals surface area (Å²) in [6.45, 7) is 7.23. The molecule has 2 rings (SSSR count). The SMILES string of the molecule is CCNC(CSC1COC1)c1ccccc1C. The smallest absolute Gasteiger partial charge is 0.0607 e. The molecule has 0 aliphatic carbocycles. The van der Waals surface area contributed by atoms with E-state index in [9.17, 15) is 0 Å². The first-order valence-electron chi connectivity index (χ1n) is 6.29. The Hall–Kier alpha value is -0.510. The van der Waals surface area contributed by atoms with Crippen LogP contribution in [0, 0.1) is 6.92 Å². The van der Waals surface area contributed by atoms with Crippen LogP contribution in [0.1, 0.15) is 24.1 Å². The summed E-state index contributed by atoms with van der Waals surface area (Å²) in [5, 5.41) is 4.29. The molecule has 0 saturated carbocycles. The van der Waals surface area contributed by atoms with E-state index < -0.39 is 0 Å². The van der Waals surface area contributed by atoms with Crippen molar-refractivity contribution in [2.75, 3.05) is 25.5 Å². The molecule has 1 aliphatic heterocycles. The van der Waals surface area contributed by atoms with E-state index in [1.807, 2.05) is 11.8 Å². The van der Waals surface area contributed by atoms with Crippen LogP contribution in [0.5, 0.6) is 0 Å². The van der Waals surface area contributed by atoms with Gasteiger partial charge in [-0.1, -0.05) is 31.2 Å². The van der Waals surface area contributed by atoms with Crippen LogP contribution in [0.15, 0.2) is 24.3 Å². The molecule has 1 unspecified atom stereocenters. The van der Waals surface area contributed by atoms with Crippen molar-refractivity contribution in [3.05, 3.63) is 35.4 Å². The highest BCUT2D eigenvalue weighted by Gasteiger charge is 2.21. The molecule has 1 aromatic rings. The van der Waals surface area contributed by atoms with E-state index >= 15 is 0 Å². The third-order valence-electron chi connectivity index (χ3n) is 3.12. The maximum atomic E-state index is 5.22. The predicted molar refractivity (Wildman–Crippen MR) is 74.7 cm³/mol. The van der Waals surface area contributed by atoms with Gasteiger partial charge >= 0.3 is 0 Å². The average molecular weight is 251 g/mol. The Labute approximate surface area is 108 Å². The fraction of sp³-hybridized carbons (Fsp3) is 0.571. The minimum atomic E-state index is 0.465. The van der Waals surface area contributed by atoms with Crippen molar-refractivity contribution in [3.8, 4) is 0 Å². The summed E-state index contributed by atoms with van der Waals surface area (Å²) >= 11 is 2.03. The topological polar surface area (TPSA) is 21.3 Å². The van der Waals surface area contributed by atoms with Gasteiger partial charge in [-0.25, -0.2) is 0 Å². The Bertz CT molecular complexity index is 352. The summed E-state index contributed by atoms with van der Waals surface area (Å²) in [5.41, 5.74) is 2.81. The lowest BCUT2D eigenvalue weighted by atomic mass is 10.0. The Morgan fingerprint density at radius 3 is 2.76 bits per heavy atom. The second-order valence-corrected chi connectivity index (χ2v) is 5.79. The molecular weight excluding hydrogens is 230 g/mol. The van der Waals surface area contributed by atoms with Crippen LogP contribution in [-0.2, 0) is 4.74 Å². The molecule has 0 radical (unpaired) electrons. The number of hydrogen-bond donors (Lipinski definition) is 1. The highest BCUT2D eigenvalue weighted by atomic mass is 32.2. The Balaban J connectivity index is 1.97. The molecule has 0 spiro atoms. The van der Waals surface area contributed by atoms with Gasteiger partial charge in [-0.2, -0.15) is 11.8 Å². The maximum absolute atomic E-state index is 5.22. The van der Waals surface area contributed by atoms with E-state index in [-0.39, 0.29) is 0 Å². The zero-order valence-corrected chi connectivity index (χ0v) is 11.4. The molecule has 94 valence electrons. The Morgan fingerprint density at radius 2 is 2.18 bits per heavy atom. The molecular formula is C14H21NOS. The molecule has 2 nitrogen and oxygen atoms in total. The Kier molecular flexibility index (Phi) is 4.89. The molecule has 1 atom stereocenters. The van der Waals surface area contributed by atoms with Crippen molar-refractivity contribution in [2.45, 2.75) is 25.1 Å². The maximum Gasteiger partial charge on any atom is 0.0607 e. The lowest BCUT2D eigenvalue weighted by Crippen LogP contribution is -2.32. The number of aryl methyl sites for hydroxylation is 1. The molecule has 1 aliphatic rings. The van der Waals surface area contributed by atoms with Crippen LogP contribution in [-0.4, -0.2) is 30.8 Å². The van der Waals surface area contributed by atoms with Crippen LogP contribution in [0.25, 0.3) is 0 Å². The van der Waals surface area contributed by atoms with E-state index in [1.165, 1.54) is 11.1 Å². The largest absolute Gasteiger partial charge is 0.379 e. The van der Waals surface area contributed by atoms with E-state index in [0.29, 0.717) is 11.3 Å². The normalized spacial score (nSPS) is 17.8. The number of hydrogen-bond acceptors (Lipinski definition) is 3. The molecule has 1 saturated heterocycles. The number of nitrogens with one attached hydrogen (secondary N) is 1. The monoisotopic (exact) mass is 251 g/mol. The minimum absolute atomic E-state index is 0.465. The van der Waals surface area contributed by atoms with Crippen molar-refractivity contribution < 1.29 is 4.74 Å². The molecule has 17 heavy (non-hydrogen) atoms. The predicted octanol–water partition coefficient (Wildman–Crippen LogP) is 2.78. The van der Waals surface area contributed by atoms with Gasteiger partial charge < -0.3 is 10.1 Å². The quantitative estimate of drug-likeness (QED) is 0.840. The average Bonchev–Trinajstić information content (AvgIpc) is 2.26. The number of ether oxygens (including phenoxy) is 1. The van der Waals surface area contributed by atoms with Crippen molar-refractivity contribution in [2.24, 2.45) is 0 Å². The van der Waals surface area contributed by atoms with Gasteiger partial charge in [0.05, 0.1) is 18.5 Å². The van der Waals surface area contributed by atoms with Crippen molar-refractivity contribution >= 4 is 11.8 Å². The number of rotatable bonds is 6. The zero-order chi connectivity index (χ0) is 12.1. The lowest BCUT2D eigenvalue weighted by molar-refractivity contribution is 0.0455. The molecule has 1 N–H and O–H groups in total. The summed E-state index contributed by atoms with van der Waals surface area (Å²) in [6, 6.07) is 9.13. The molecule has 0 aromatic heterocycles. The van der Waals surface area contributed by atoms with Gasteiger partial charge in [0.15, 0.2) is 0 Å². The standard InChI is InChI=1S/C14H21NOS/c1-3-15-14(10-17-12-8-16-9-12)13-7-5-4-6-11(13)2/h4-7,12,14-15H,3,8-10H2,1-2H3. The second kappa shape index (κ2) is 6.43. The van der Waals surface area contributed by atoms with E-state index in [2.05, 4.69) is 43.4 Å². The van der Waals surface area contributed by atoms with E-state index in [0.717, 1.165) is 25.5 Å². The van der Waals surface area contributed by atoms with Gasteiger partial charge in [-0.3, -0.25) is 0 Å². The number of thioether (sulfide) groups is 1. The van der Waals surface area contributed by atoms with Gasteiger partial charge in [0, 0.05) is 11.8 Å². The summed E-state index contributed by atoms with van der Waals surface area (Å²) in [7, 11) is 0. The number of benzene rings is 1. The van der Waals surface area contributed by atoms with Crippen LogP contribution in [0.2, 0.25) is 0 Å². The fourth-order valence-corrected chi connectivity index (χ4v) is 3.17. The first-order valence-corrected chi connectivity index (χ1v) is 7.34. The summed E-state index contributed by atoms with van der Waals surface area (Å²) in [5.74, 6) is 1.13. The van der Waals surface area contributed by atoms with Gasteiger partial charge in [-0.15, -0.1) is 0 Å². The first-order chi connectivity index (χ1) is 8.31. The molecule has 1 heterocycles. The lowest BCUT2D eigenvalue weighted by Gasteiger charge is -2.28. The second-order valence-electron chi connectivity index (χ2n) is 4.46. The van der Waals surface area contributed by atoms with Gasteiger partial charge in [0.1, 0.15) is 0 Å². The van der Waals surface area contributed by atoms with Crippen LogP contribution >= 0.6 is 11.8 Å². The minimum Gasteiger partial charge on any atom is -0.379 e. The summed E-state index contributed by atoms with van der Waals surface area (Å²) in [6.07, 6.45) is 0. The van der Waals surface area contributed by atoms with Gasteiger partial charge in [-0.05, 0) is 24.6 Å². The van der Waals surface area contributed by atoms with Crippen LogP contribution < -0.4 is 5.32 Å². The van der Waals surface area contributed by atoms with E-state index in [1.54, 1.807) is 0 Å². The third kappa shape index (κ3) is 3.47. The van der Waals surface area contributed by atoms with Gasteiger partial charge in [0.2, 0.25) is 0 Å². The van der Waals surface area contributed by atoms with Crippen LogP contribution in [0.3, 0.4) is 0 Å². The molecule has 1 fully saturated rings. The summed E-state index contributed by atoms with van der Waals surface area (Å²) < 4.78 is 5.22. The van der Waals surface area contributed by atoms with Crippen LogP contribution in [0.4, 0.5) is 0 Å². The highest BCUT2D eigenvalue weighted by Crippen LogP contribution is 2.26. The Morgan fingerprint density at radius 1 is 1.41 bits per heavy atom. The summed E-state index contributed by atoms with van der Waals surface area (Å²) in [4.78, 5) is 0. The van der Waals surface area contributed by atoms with Crippen molar-refractivity contribution in [1.82, 2.24) is 5.32 Å². The molecule has 3 heteroatoms. The first kappa shape index (κ1) is 12.9. The highest BCUT2D eigenvalue weighted by molar-refractivity contribution is 8.00. The van der Waals surface area contributed by atoms with Crippen molar-refractivity contribution in [3.63, 3.8) is 0 Å².